The Morgan fingerprint density at radius 2 is 2.00 bits per heavy atom. The summed E-state index contributed by atoms with van der Waals surface area (Å²) in [6.45, 7) is 6.82. The zero-order chi connectivity index (χ0) is 9.35. The molecule has 0 spiro atoms. The van der Waals surface area contributed by atoms with Crippen molar-refractivity contribution < 1.29 is 4.79 Å². The molecule has 0 bridgehead atoms. The van der Waals surface area contributed by atoms with Crippen molar-refractivity contribution in [1.82, 2.24) is 0 Å². The van der Waals surface area contributed by atoms with Crippen LogP contribution in [0.1, 0.15) is 40.0 Å². The maximum Gasteiger partial charge on any atom is 0.145 e. The fourth-order valence-corrected chi connectivity index (χ4v) is 2.68. The average molecular weight is 280 g/mol. The lowest BCUT2D eigenvalue weighted by atomic mass is 9.72. The Balaban J connectivity index is 2.57. The molecule has 0 heterocycles. The molecule has 2 heteroatoms. The van der Waals surface area contributed by atoms with Crippen LogP contribution in [-0.2, 0) is 4.79 Å². The first-order valence-corrected chi connectivity index (χ1v) is 5.82. The van der Waals surface area contributed by atoms with E-state index in [1.807, 2.05) is 0 Å². The molecule has 1 aliphatic carbocycles. The molecular weight excluding hydrogens is 263 g/mol. The van der Waals surface area contributed by atoms with E-state index in [-0.39, 0.29) is 3.92 Å². The Kier molecular flexibility index (Phi) is 3.18. The van der Waals surface area contributed by atoms with Gasteiger partial charge in [-0.3, -0.25) is 4.79 Å². The van der Waals surface area contributed by atoms with E-state index in [0.717, 1.165) is 25.2 Å². The highest BCUT2D eigenvalue weighted by molar-refractivity contribution is 14.1. The van der Waals surface area contributed by atoms with Gasteiger partial charge < -0.3 is 0 Å². The van der Waals surface area contributed by atoms with Crippen molar-refractivity contribution in [2.24, 2.45) is 11.3 Å². The lowest BCUT2D eigenvalue weighted by Crippen LogP contribution is -2.32. The number of hydrogen-bond acceptors (Lipinski definition) is 1. The van der Waals surface area contributed by atoms with Gasteiger partial charge in [0.25, 0.3) is 0 Å². The molecule has 70 valence electrons. The van der Waals surface area contributed by atoms with E-state index < -0.39 is 0 Å². The molecule has 0 amide bonds. The van der Waals surface area contributed by atoms with Gasteiger partial charge in [0.1, 0.15) is 5.78 Å². The Hall–Kier alpha value is 0.400. The molecule has 0 aromatic heterocycles. The normalized spacial score (nSPS) is 32.2. The molecule has 0 saturated heterocycles. The standard InChI is InChI=1S/C10H17IO/c1-10(2,3)7-4-5-9(12)8(11)6-7/h7-8H,4-6H2,1-3H3/t7-,8-/m0/s1. The van der Waals surface area contributed by atoms with E-state index in [2.05, 4.69) is 43.4 Å². The van der Waals surface area contributed by atoms with Gasteiger partial charge in [0.05, 0.1) is 3.92 Å². The minimum Gasteiger partial charge on any atom is -0.299 e. The SMILES string of the molecule is CC(C)(C)[C@H]1CCC(=O)[C@@H](I)C1. The van der Waals surface area contributed by atoms with Crippen molar-refractivity contribution in [3.8, 4) is 0 Å². The lowest BCUT2D eigenvalue weighted by Gasteiger charge is -2.35. The van der Waals surface area contributed by atoms with Crippen molar-refractivity contribution in [2.45, 2.75) is 44.0 Å². The van der Waals surface area contributed by atoms with Gasteiger partial charge in [-0.25, -0.2) is 0 Å². The highest BCUT2D eigenvalue weighted by Crippen LogP contribution is 2.38. The summed E-state index contributed by atoms with van der Waals surface area (Å²) in [4.78, 5) is 11.3. The largest absolute Gasteiger partial charge is 0.299 e. The second-order valence-corrected chi connectivity index (χ2v) is 6.27. The van der Waals surface area contributed by atoms with E-state index in [1.54, 1.807) is 0 Å². The van der Waals surface area contributed by atoms with E-state index in [4.69, 9.17) is 0 Å². The van der Waals surface area contributed by atoms with E-state index in [0.29, 0.717) is 11.2 Å². The summed E-state index contributed by atoms with van der Waals surface area (Å²) in [5.74, 6) is 1.19. The predicted molar refractivity (Wildman–Crippen MR) is 59.6 cm³/mol. The molecular formula is C10H17IO. The van der Waals surface area contributed by atoms with Crippen LogP contribution < -0.4 is 0 Å². The number of Topliss-reactive ketones (excluding diaryl/α,β-unsaturated/α-hetero) is 1. The van der Waals surface area contributed by atoms with Crippen molar-refractivity contribution in [3.05, 3.63) is 0 Å². The molecule has 0 aliphatic heterocycles. The molecule has 1 fully saturated rings. The summed E-state index contributed by atoms with van der Waals surface area (Å²) in [6, 6.07) is 0. The first-order valence-electron chi connectivity index (χ1n) is 4.58. The minimum atomic E-state index is 0.278. The number of alkyl halides is 1. The summed E-state index contributed by atoms with van der Waals surface area (Å²) in [7, 11) is 0. The minimum absolute atomic E-state index is 0.278. The number of ketones is 1. The van der Waals surface area contributed by atoms with Gasteiger partial charge in [-0.2, -0.15) is 0 Å². The molecule has 0 N–H and O–H groups in total. The van der Waals surface area contributed by atoms with Crippen LogP contribution >= 0.6 is 22.6 Å². The molecule has 1 aliphatic rings. The zero-order valence-corrected chi connectivity index (χ0v) is 10.2. The second kappa shape index (κ2) is 3.64. The number of halogens is 1. The molecule has 1 rings (SSSR count). The first-order chi connectivity index (χ1) is 5.41. The van der Waals surface area contributed by atoms with Crippen LogP contribution in [-0.4, -0.2) is 9.71 Å². The maximum absolute atomic E-state index is 11.3. The van der Waals surface area contributed by atoms with Crippen molar-refractivity contribution >= 4 is 28.4 Å². The smallest absolute Gasteiger partial charge is 0.145 e. The molecule has 0 unspecified atom stereocenters. The van der Waals surface area contributed by atoms with Crippen LogP contribution in [0.2, 0.25) is 0 Å². The van der Waals surface area contributed by atoms with Crippen LogP contribution in [0.25, 0.3) is 0 Å². The van der Waals surface area contributed by atoms with Crippen molar-refractivity contribution in [3.63, 3.8) is 0 Å². The van der Waals surface area contributed by atoms with Crippen LogP contribution in [0.3, 0.4) is 0 Å². The molecule has 1 saturated carbocycles. The van der Waals surface area contributed by atoms with Gasteiger partial charge in [0.15, 0.2) is 0 Å². The third-order valence-electron chi connectivity index (χ3n) is 2.80. The summed E-state index contributed by atoms with van der Waals surface area (Å²) >= 11 is 2.29. The predicted octanol–water partition coefficient (Wildman–Crippen LogP) is 3.21. The van der Waals surface area contributed by atoms with Crippen LogP contribution in [0.4, 0.5) is 0 Å². The van der Waals surface area contributed by atoms with Gasteiger partial charge in [-0.1, -0.05) is 43.4 Å². The van der Waals surface area contributed by atoms with E-state index >= 15 is 0 Å². The average Bonchev–Trinajstić information content (AvgIpc) is 1.92. The lowest BCUT2D eigenvalue weighted by molar-refractivity contribution is -0.120. The van der Waals surface area contributed by atoms with Gasteiger partial charge >= 0.3 is 0 Å². The third kappa shape index (κ3) is 2.44. The Labute approximate surface area is 88.4 Å². The number of hydrogen-bond donors (Lipinski definition) is 0. The van der Waals surface area contributed by atoms with Crippen LogP contribution in [0.15, 0.2) is 0 Å². The zero-order valence-electron chi connectivity index (χ0n) is 8.06. The number of carbonyl (C=O) groups excluding carboxylic acids is 1. The highest BCUT2D eigenvalue weighted by atomic mass is 127. The van der Waals surface area contributed by atoms with Crippen molar-refractivity contribution in [1.29, 1.82) is 0 Å². The molecule has 2 atom stereocenters. The third-order valence-corrected chi connectivity index (χ3v) is 4.01. The van der Waals surface area contributed by atoms with Crippen LogP contribution in [0, 0.1) is 11.3 Å². The van der Waals surface area contributed by atoms with Crippen molar-refractivity contribution in [2.75, 3.05) is 0 Å². The van der Waals surface area contributed by atoms with Gasteiger partial charge in [0, 0.05) is 6.42 Å². The molecule has 12 heavy (non-hydrogen) atoms. The fourth-order valence-electron chi connectivity index (χ4n) is 1.76. The monoisotopic (exact) mass is 280 g/mol. The summed E-state index contributed by atoms with van der Waals surface area (Å²) < 4.78 is 0.278. The van der Waals surface area contributed by atoms with Crippen LogP contribution in [0.5, 0.6) is 0 Å². The molecule has 0 aromatic rings. The van der Waals surface area contributed by atoms with Gasteiger partial charge in [0.2, 0.25) is 0 Å². The van der Waals surface area contributed by atoms with E-state index in [1.165, 1.54) is 0 Å². The molecule has 0 aromatic carbocycles. The number of carbonyl (C=O) groups is 1. The Morgan fingerprint density at radius 3 is 2.42 bits per heavy atom. The summed E-state index contributed by atoms with van der Waals surface area (Å²) in [5.41, 5.74) is 0.379. The Bertz CT molecular complexity index is 181. The van der Waals surface area contributed by atoms with Gasteiger partial charge in [-0.05, 0) is 24.2 Å². The van der Waals surface area contributed by atoms with E-state index in [9.17, 15) is 4.79 Å². The first kappa shape index (κ1) is 10.5. The topological polar surface area (TPSA) is 17.1 Å². The maximum atomic E-state index is 11.3. The highest BCUT2D eigenvalue weighted by Gasteiger charge is 2.33. The number of rotatable bonds is 0. The fraction of sp³-hybridized carbons (Fsp3) is 0.900. The summed E-state index contributed by atoms with van der Waals surface area (Å²) in [5, 5.41) is 0. The quantitative estimate of drug-likeness (QED) is 0.492. The molecule has 1 nitrogen and oxygen atoms in total. The second-order valence-electron chi connectivity index (χ2n) is 4.77. The van der Waals surface area contributed by atoms with Gasteiger partial charge in [-0.15, -0.1) is 0 Å². The molecule has 0 radical (unpaired) electrons. The Morgan fingerprint density at radius 1 is 1.42 bits per heavy atom. The summed E-state index contributed by atoms with van der Waals surface area (Å²) in [6.07, 6.45) is 2.99.